The Morgan fingerprint density at radius 1 is 1.21 bits per heavy atom. The van der Waals surface area contributed by atoms with Gasteiger partial charge >= 0.3 is 0 Å². The van der Waals surface area contributed by atoms with Gasteiger partial charge in [0.15, 0.2) is 0 Å². The normalized spacial score (nSPS) is 15.1. The van der Waals surface area contributed by atoms with Crippen LogP contribution in [0.5, 0.6) is 0 Å². The minimum atomic E-state index is -0.0889. The minimum absolute atomic E-state index is 0.00942. The number of amides is 3. The van der Waals surface area contributed by atoms with Crippen LogP contribution in [0.15, 0.2) is 0 Å². The van der Waals surface area contributed by atoms with Crippen molar-refractivity contribution in [2.24, 2.45) is 0 Å². The highest BCUT2D eigenvalue weighted by molar-refractivity contribution is 6.01. The van der Waals surface area contributed by atoms with Crippen LogP contribution < -0.4 is 5.32 Å². The van der Waals surface area contributed by atoms with E-state index < -0.39 is 0 Å². The number of nitrogens with zero attached hydrogens (tertiary/aromatic N) is 1. The molecule has 1 heterocycles. The zero-order valence-electron chi connectivity index (χ0n) is 11.4. The molecule has 1 saturated heterocycles. The highest BCUT2D eigenvalue weighted by Gasteiger charge is 2.27. The number of unbranched alkanes of at least 4 members (excludes halogenated alkanes) is 1. The Morgan fingerprint density at radius 2 is 1.89 bits per heavy atom. The maximum absolute atomic E-state index is 11.4. The summed E-state index contributed by atoms with van der Waals surface area (Å²) < 4.78 is 4.88. The maximum atomic E-state index is 11.4. The SMILES string of the molecule is COCCCNC(=O)CCCCN1C(=O)CCC1=O. The van der Waals surface area contributed by atoms with Crippen molar-refractivity contribution in [1.29, 1.82) is 0 Å². The molecule has 0 unspecified atom stereocenters. The summed E-state index contributed by atoms with van der Waals surface area (Å²) in [6.07, 6.45) is 3.27. The van der Waals surface area contributed by atoms with Gasteiger partial charge in [0.1, 0.15) is 0 Å². The number of likely N-dealkylation sites (tertiary alicyclic amines) is 1. The van der Waals surface area contributed by atoms with Gasteiger partial charge in [0.2, 0.25) is 17.7 Å². The summed E-state index contributed by atoms with van der Waals surface area (Å²) in [6.45, 7) is 1.70. The van der Waals surface area contributed by atoms with Gasteiger partial charge in [-0.25, -0.2) is 0 Å². The predicted octanol–water partition coefficient (Wildman–Crippen LogP) is 0.458. The Morgan fingerprint density at radius 3 is 2.53 bits per heavy atom. The summed E-state index contributed by atoms with van der Waals surface area (Å²) in [6, 6.07) is 0. The number of carbonyl (C=O) groups excluding carboxylic acids is 3. The van der Waals surface area contributed by atoms with Crippen LogP contribution in [0.2, 0.25) is 0 Å². The Hall–Kier alpha value is -1.43. The molecule has 0 saturated carbocycles. The van der Waals surface area contributed by atoms with E-state index in [2.05, 4.69) is 5.32 Å². The average molecular weight is 270 g/mol. The van der Waals surface area contributed by atoms with Crippen LogP contribution in [0, 0.1) is 0 Å². The molecule has 0 aliphatic carbocycles. The summed E-state index contributed by atoms with van der Waals surface area (Å²) in [5.74, 6) is -0.168. The first kappa shape index (κ1) is 15.6. The van der Waals surface area contributed by atoms with Crippen molar-refractivity contribution in [2.45, 2.75) is 38.5 Å². The van der Waals surface area contributed by atoms with E-state index in [1.807, 2.05) is 0 Å². The molecule has 0 aromatic carbocycles. The Labute approximate surface area is 113 Å². The Kier molecular flexibility index (Phi) is 7.10. The monoisotopic (exact) mass is 270 g/mol. The van der Waals surface area contributed by atoms with Gasteiger partial charge in [-0.3, -0.25) is 19.3 Å². The number of nitrogens with one attached hydrogen (secondary N) is 1. The number of imide groups is 1. The molecule has 1 aliphatic rings. The molecule has 0 radical (unpaired) electrons. The first-order valence-electron chi connectivity index (χ1n) is 6.74. The van der Waals surface area contributed by atoms with Gasteiger partial charge in [-0.05, 0) is 19.3 Å². The van der Waals surface area contributed by atoms with Crippen molar-refractivity contribution >= 4 is 17.7 Å². The molecule has 108 valence electrons. The second kappa shape index (κ2) is 8.63. The van der Waals surface area contributed by atoms with Crippen LogP contribution in [0.1, 0.15) is 38.5 Å². The van der Waals surface area contributed by atoms with E-state index in [4.69, 9.17) is 4.74 Å². The lowest BCUT2D eigenvalue weighted by molar-refractivity contribution is -0.138. The minimum Gasteiger partial charge on any atom is -0.385 e. The molecular formula is C13H22N2O4. The van der Waals surface area contributed by atoms with Crippen LogP contribution in [-0.2, 0) is 19.1 Å². The number of ether oxygens (including phenoxy) is 1. The average Bonchev–Trinajstić information content (AvgIpc) is 2.71. The van der Waals surface area contributed by atoms with Gasteiger partial charge in [-0.15, -0.1) is 0 Å². The molecule has 0 aromatic heterocycles. The second-order valence-electron chi connectivity index (χ2n) is 4.59. The molecule has 0 atom stereocenters. The molecule has 0 spiro atoms. The van der Waals surface area contributed by atoms with Gasteiger partial charge in [-0.1, -0.05) is 0 Å². The fourth-order valence-corrected chi connectivity index (χ4v) is 1.96. The van der Waals surface area contributed by atoms with Crippen LogP contribution in [0.3, 0.4) is 0 Å². The predicted molar refractivity (Wildman–Crippen MR) is 69.3 cm³/mol. The second-order valence-corrected chi connectivity index (χ2v) is 4.59. The summed E-state index contributed by atoms with van der Waals surface area (Å²) in [5, 5.41) is 2.80. The van der Waals surface area contributed by atoms with E-state index in [0.717, 1.165) is 6.42 Å². The van der Waals surface area contributed by atoms with E-state index in [1.54, 1.807) is 7.11 Å². The fourth-order valence-electron chi connectivity index (χ4n) is 1.96. The molecule has 1 aliphatic heterocycles. The lowest BCUT2D eigenvalue weighted by Gasteiger charge is -2.13. The number of hydrogen-bond acceptors (Lipinski definition) is 4. The first-order chi connectivity index (χ1) is 9.15. The maximum Gasteiger partial charge on any atom is 0.229 e. The highest BCUT2D eigenvalue weighted by atomic mass is 16.5. The lowest BCUT2D eigenvalue weighted by atomic mass is 10.2. The molecular weight excluding hydrogens is 248 g/mol. The van der Waals surface area contributed by atoms with Gasteiger partial charge in [0, 0.05) is 46.1 Å². The molecule has 0 bridgehead atoms. The molecule has 3 amide bonds. The standard InChI is InChI=1S/C13H22N2O4/c1-19-10-4-8-14-11(16)5-2-3-9-15-12(17)6-7-13(15)18/h2-10H2,1H3,(H,14,16). The topological polar surface area (TPSA) is 75.7 Å². The van der Waals surface area contributed by atoms with E-state index in [9.17, 15) is 14.4 Å². The smallest absolute Gasteiger partial charge is 0.229 e. The first-order valence-corrected chi connectivity index (χ1v) is 6.74. The summed E-state index contributed by atoms with van der Waals surface area (Å²) in [7, 11) is 1.63. The van der Waals surface area contributed by atoms with Gasteiger partial charge in [0.25, 0.3) is 0 Å². The van der Waals surface area contributed by atoms with Gasteiger partial charge < -0.3 is 10.1 Å². The van der Waals surface area contributed by atoms with Crippen molar-refractivity contribution in [3.63, 3.8) is 0 Å². The van der Waals surface area contributed by atoms with Crippen molar-refractivity contribution in [2.75, 3.05) is 26.8 Å². The fraction of sp³-hybridized carbons (Fsp3) is 0.769. The van der Waals surface area contributed by atoms with E-state index >= 15 is 0 Å². The van der Waals surface area contributed by atoms with E-state index in [0.29, 0.717) is 51.8 Å². The van der Waals surface area contributed by atoms with Crippen LogP contribution in [-0.4, -0.2) is 49.4 Å². The molecule has 1 fully saturated rings. The van der Waals surface area contributed by atoms with E-state index in [-0.39, 0.29) is 17.7 Å². The molecule has 6 heteroatoms. The third-order valence-electron chi connectivity index (χ3n) is 3.04. The molecule has 1 N–H and O–H groups in total. The van der Waals surface area contributed by atoms with Crippen LogP contribution >= 0.6 is 0 Å². The number of rotatable bonds is 9. The van der Waals surface area contributed by atoms with E-state index in [1.165, 1.54) is 4.90 Å². The Bertz CT molecular complexity index is 315. The third-order valence-corrected chi connectivity index (χ3v) is 3.04. The third kappa shape index (κ3) is 5.83. The summed E-state index contributed by atoms with van der Waals surface area (Å²) >= 11 is 0. The molecule has 1 rings (SSSR count). The Balaban J connectivity index is 2.02. The zero-order chi connectivity index (χ0) is 14.1. The van der Waals surface area contributed by atoms with Crippen molar-refractivity contribution < 1.29 is 19.1 Å². The van der Waals surface area contributed by atoms with Crippen molar-refractivity contribution in [3.05, 3.63) is 0 Å². The van der Waals surface area contributed by atoms with Gasteiger partial charge in [-0.2, -0.15) is 0 Å². The largest absolute Gasteiger partial charge is 0.385 e. The quantitative estimate of drug-likeness (QED) is 0.488. The molecule has 6 nitrogen and oxygen atoms in total. The number of hydrogen-bond donors (Lipinski definition) is 1. The van der Waals surface area contributed by atoms with Crippen molar-refractivity contribution in [3.8, 4) is 0 Å². The van der Waals surface area contributed by atoms with Crippen LogP contribution in [0.25, 0.3) is 0 Å². The summed E-state index contributed by atoms with van der Waals surface area (Å²) in [4.78, 5) is 35.4. The number of methoxy groups -OCH3 is 1. The van der Waals surface area contributed by atoms with Crippen LogP contribution in [0.4, 0.5) is 0 Å². The lowest BCUT2D eigenvalue weighted by Crippen LogP contribution is -2.30. The zero-order valence-corrected chi connectivity index (χ0v) is 11.4. The highest BCUT2D eigenvalue weighted by Crippen LogP contribution is 2.12. The van der Waals surface area contributed by atoms with Gasteiger partial charge in [0.05, 0.1) is 0 Å². The summed E-state index contributed by atoms with van der Waals surface area (Å²) in [5.41, 5.74) is 0. The van der Waals surface area contributed by atoms with Crippen molar-refractivity contribution in [1.82, 2.24) is 10.2 Å². The molecule has 19 heavy (non-hydrogen) atoms. The number of carbonyl (C=O) groups is 3. The molecule has 0 aromatic rings.